The van der Waals surface area contributed by atoms with E-state index in [2.05, 4.69) is 38.0 Å². The molecule has 2 unspecified atom stereocenters. The first-order valence-corrected chi connectivity index (χ1v) is 7.66. The van der Waals surface area contributed by atoms with Crippen LogP contribution in [0.15, 0.2) is 0 Å². The quantitative estimate of drug-likeness (QED) is 0.799. The van der Waals surface area contributed by atoms with Crippen molar-refractivity contribution in [1.82, 2.24) is 10.3 Å². The van der Waals surface area contributed by atoms with Crippen LogP contribution in [0.4, 0.5) is 0 Å². The van der Waals surface area contributed by atoms with Gasteiger partial charge in [0.05, 0.1) is 16.8 Å². The monoisotopic (exact) mass is 270 g/mol. The SMILES string of the molecule is CCC(CC)C(O)CNC(C)c1nc(C)sc1C. The topological polar surface area (TPSA) is 45.1 Å². The van der Waals surface area contributed by atoms with Gasteiger partial charge in [-0.3, -0.25) is 0 Å². The van der Waals surface area contributed by atoms with Gasteiger partial charge in [-0.05, 0) is 26.7 Å². The Morgan fingerprint density at radius 2 is 1.89 bits per heavy atom. The summed E-state index contributed by atoms with van der Waals surface area (Å²) < 4.78 is 0. The summed E-state index contributed by atoms with van der Waals surface area (Å²) in [4.78, 5) is 5.82. The maximum absolute atomic E-state index is 10.1. The van der Waals surface area contributed by atoms with Crippen molar-refractivity contribution in [3.05, 3.63) is 15.6 Å². The number of nitrogens with zero attached hydrogens (tertiary/aromatic N) is 1. The molecule has 0 aliphatic rings. The second-order valence-corrected chi connectivity index (χ2v) is 6.36. The molecule has 0 saturated carbocycles. The Balaban J connectivity index is 2.50. The van der Waals surface area contributed by atoms with E-state index in [1.54, 1.807) is 11.3 Å². The molecule has 0 aliphatic heterocycles. The van der Waals surface area contributed by atoms with E-state index in [-0.39, 0.29) is 12.1 Å². The van der Waals surface area contributed by atoms with E-state index in [0.29, 0.717) is 12.5 Å². The highest BCUT2D eigenvalue weighted by Gasteiger charge is 2.18. The first-order valence-electron chi connectivity index (χ1n) is 6.84. The van der Waals surface area contributed by atoms with Crippen molar-refractivity contribution in [3.8, 4) is 0 Å². The van der Waals surface area contributed by atoms with Crippen LogP contribution in [-0.4, -0.2) is 22.7 Å². The van der Waals surface area contributed by atoms with Crippen LogP contribution in [-0.2, 0) is 0 Å². The molecule has 0 aliphatic carbocycles. The Morgan fingerprint density at radius 1 is 1.28 bits per heavy atom. The third-order valence-corrected chi connectivity index (χ3v) is 4.48. The molecule has 0 aromatic carbocycles. The molecular weight excluding hydrogens is 244 g/mol. The number of nitrogens with one attached hydrogen (secondary N) is 1. The highest BCUT2D eigenvalue weighted by molar-refractivity contribution is 7.11. The number of aryl methyl sites for hydroxylation is 2. The fraction of sp³-hybridized carbons (Fsp3) is 0.786. The van der Waals surface area contributed by atoms with Crippen molar-refractivity contribution in [2.24, 2.45) is 5.92 Å². The van der Waals surface area contributed by atoms with E-state index in [4.69, 9.17) is 0 Å². The van der Waals surface area contributed by atoms with Gasteiger partial charge in [-0.15, -0.1) is 11.3 Å². The molecule has 1 heterocycles. The van der Waals surface area contributed by atoms with Crippen LogP contribution in [0.25, 0.3) is 0 Å². The lowest BCUT2D eigenvalue weighted by atomic mass is 9.96. The van der Waals surface area contributed by atoms with Crippen molar-refractivity contribution in [2.45, 2.75) is 59.6 Å². The van der Waals surface area contributed by atoms with Gasteiger partial charge < -0.3 is 10.4 Å². The molecule has 4 heteroatoms. The lowest BCUT2D eigenvalue weighted by Gasteiger charge is -2.22. The summed E-state index contributed by atoms with van der Waals surface area (Å²) in [5.74, 6) is 0.392. The standard InChI is InChI=1S/C14H26N2OS/c1-6-12(7-2)13(17)8-15-9(3)14-10(4)18-11(5)16-14/h9,12-13,15,17H,6-8H2,1-5H3. The fourth-order valence-corrected chi connectivity index (χ4v) is 3.25. The number of aliphatic hydroxyl groups is 1. The Kier molecular flexibility index (Phi) is 6.26. The summed E-state index contributed by atoms with van der Waals surface area (Å²) in [5.41, 5.74) is 1.12. The van der Waals surface area contributed by atoms with Gasteiger partial charge in [-0.1, -0.05) is 26.7 Å². The van der Waals surface area contributed by atoms with Gasteiger partial charge in [0.25, 0.3) is 0 Å². The van der Waals surface area contributed by atoms with Crippen LogP contribution < -0.4 is 5.32 Å². The van der Waals surface area contributed by atoms with E-state index < -0.39 is 0 Å². The zero-order chi connectivity index (χ0) is 13.7. The molecule has 104 valence electrons. The van der Waals surface area contributed by atoms with Gasteiger partial charge in [0, 0.05) is 17.5 Å². The van der Waals surface area contributed by atoms with E-state index in [1.165, 1.54) is 4.88 Å². The number of aliphatic hydroxyl groups excluding tert-OH is 1. The average Bonchev–Trinajstić information content (AvgIpc) is 2.67. The molecule has 0 fully saturated rings. The molecule has 3 nitrogen and oxygen atoms in total. The minimum Gasteiger partial charge on any atom is -0.392 e. The van der Waals surface area contributed by atoms with Crippen molar-refractivity contribution < 1.29 is 5.11 Å². The van der Waals surface area contributed by atoms with Crippen molar-refractivity contribution in [3.63, 3.8) is 0 Å². The van der Waals surface area contributed by atoms with Gasteiger partial charge in [0.2, 0.25) is 0 Å². The second kappa shape index (κ2) is 7.22. The average molecular weight is 270 g/mol. The number of rotatable bonds is 7. The van der Waals surface area contributed by atoms with Crippen molar-refractivity contribution in [1.29, 1.82) is 0 Å². The zero-order valence-corrected chi connectivity index (χ0v) is 13.0. The van der Waals surface area contributed by atoms with Crippen LogP contribution in [0.5, 0.6) is 0 Å². The summed E-state index contributed by atoms with van der Waals surface area (Å²) in [5, 5.41) is 14.6. The molecule has 1 aromatic heterocycles. The first kappa shape index (κ1) is 15.6. The summed E-state index contributed by atoms with van der Waals surface area (Å²) >= 11 is 1.73. The van der Waals surface area contributed by atoms with Crippen LogP contribution in [0.1, 0.15) is 55.2 Å². The third kappa shape index (κ3) is 4.04. The van der Waals surface area contributed by atoms with Crippen LogP contribution >= 0.6 is 11.3 Å². The highest BCUT2D eigenvalue weighted by Crippen LogP contribution is 2.22. The molecule has 1 rings (SSSR count). The Bertz CT molecular complexity index is 361. The molecular formula is C14H26N2OS. The van der Waals surface area contributed by atoms with Crippen molar-refractivity contribution in [2.75, 3.05) is 6.54 Å². The van der Waals surface area contributed by atoms with Crippen molar-refractivity contribution >= 4 is 11.3 Å². The van der Waals surface area contributed by atoms with E-state index in [9.17, 15) is 5.11 Å². The van der Waals surface area contributed by atoms with Gasteiger partial charge in [0.1, 0.15) is 0 Å². The molecule has 1 aromatic rings. The van der Waals surface area contributed by atoms with Gasteiger partial charge in [-0.25, -0.2) is 4.98 Å². The third-order valence-electron chi connectivity index (χ3n) is 3.58. The van der Waals surface area contributed by atoms with Crippen LogP contribution in [0.2, 0.25) is 0 Å². The minimum atomic E-state index is -0.262. The molecule has 0 saturated heterocycles. The Labute approximate surface area is 115 Å². The summed E-state index contributed by atoms with van der Waals surface area (Å²) in [7, 11) is 0. The van der Waals surface area contributed by atoms with E-state index in [0.717, 1.165) is 23.5 Å². The van der Waals surface area contributed by atoms with E-state index in [1.807, 2.05) is 6.92 Å². The molecule has 0 bridgehead atoms. The summed E-state index contributed by atoms with van der Waals surface area (Å²) in [6.45, 7) is 11.2. The number of thiazole rings is 1. The second-order valence-electron chi connectivity index (χ2n) is 4.95. The minimum absolute atomic E-state index is 0.207. The number of hydrogen-bond acceptors (Lipinski definition) is 4. The van der Waals surface area contributed by atoms with Gasteiger partial charge in [0.15, 0.2) is 0 Å². The summed E-state index contributed by atoms with van der Waals surface area (Å²) in [6.07, 6.45) is 1.80. The summed E-state index contributed by atoms with van der Waals surface area (Å²) in [6, 6.07) is 0.207. The smallest absolute Gasteiger partial charge is 0.0900 e. The predicted octanol–water partition coefficient (Wildman–Crippen LogP) is 3.21. The van der Waals surface area contributed by atoms with Crippen LogP contribution in [0, 0.1) is 19.8 Å². The lowest BCUT2D eigenvalue weighted by Crippen LogP contribution is -2.34. The van der Waals surface area contributed by atoms with Gasteiger partial charge in [-0.2, -0.15) is 0 Å². The normalized spacial score (nSPS) is 15.1. The largest absolute Gasteiger partial charge is 0.392 e. The maximum Gasteiger partial charge on any atom is 0.0900 e. The first-order chi connectivity index (χ1) is 8.49. The van der Waals surface area contributed by atoms with Gasteiger partial charge >= 0.3 is 0 Å². The zero-order valence-electron chi connectivity index (χ0n) is 12.2. The molecule has 0 amide bonds. The fourth-order valence-electron chi connectivity index (χ4n) is 2.34. The Hall–Kier alpha value is -0.450. The molecule has 0 spiro atoms. The molecule has 2 atom stereocenters. The lowest BCUT2D eigenvalue weighted by molar-refractivity contribution is 0.0987. The number of hydrogen-bond donors (Lipinski definition) is 2. The van der Waals surface area contributed by atoms with Crippen LogP contribution in [0.3, 0.4) is 0 Å². The predicted molar refractivity (Wildman–Crippen MR) is 78.1 cm³/mol. The highest BCUT2D eigenvalue weighted by atomic mass is 32.1. The Morgan fingerprint density at radius 3 is 2.33 bits per heavy atom. The van der Waals surface area contributed by atoms with E-state index >= 15 is 0 Å². The molecule has 18 heavy (non-hydrogen) atoms. The maximum atomic E-state index is 10.1. The molecule has 0 radical (unpaired) electrons. The number of aromatic nitrogens is 1. The molecule has 2 N–H and O–H groups in total.